The Labute approximate surface area is 176 Å². The molecule has 1 saturated heterocycles. The summed E-state index contributed by atoms with van der Waals surface area (Å²) < 4.78 is 20.7. The normalized spacial score (nSPS) is 20.1. The van der Waals surface area contributed by atoms with Crippen LogP contribution in [-0.2, 0) is 0 Å². The maximum atomic E-state index is 13.5. The van der Waals surface area contributed by atoms with Crippen molar-refractivity contribution in [3.8, 4) is 16.9 Å². The minimum absolute atomic E-state index is 0.0324. The molecule has 1 aromatic heterocycles. The van der Waals surface area contributed by atoms with Gasteiger partial charge in [0, 0.05) is 30.9 Å². The number of hydrogen-bond acceptors (Lipinski definition) is 3. The number of aromatic nitrogens is 1. The molecule has 6 heteroatoms. The summed E-state index contributed by atoms with van der Waals surface area (Å²) in [5, 5.41) is 0.0324. The second kappa shape index (κ2) is 8.88. The first-order valence-corrected chi connectivity index (χ1v) is 11.0. The summed E-state index contributed by atoms with van der Waals surface area (Å²) in [7, 11) is 0. The van der Waals surface area contributed by atoms with E-state index >= 15 is 0 Å². The van der Waals surface area contributed by atoms with Gasteiger partial charge in [0.05, 0.1) is 0 Å². The van der Waals surface area contributed by atoms with Gasteiger partial charge in [-0.2, -0.15) is 0 Å². The molecule has 29 heavy (non-hydrogen) atoms. The summed E-state index contributed by atoms with van der Waals surface area (Å²) in [6, 6.07) is 10.1. The van der Waals surface area contributed by atoms with E-state index in [0.717, 1.165) is 47.9 Å². The number of likely N-dealkylation sites (tertiary alicyclic amines) is 1. The zero-order chi connectivity index (χ0) is 20.4. The fourth-order valence-corrected chi connectivity index (χ4v) is 4.83. The third-order valence-electron chi connectivity index (χ3n) is 6.23. The fraction of sp³-hybridized carbons (Fsp3) is 0.522. The van der Waals surface area contributed by atoms with Crippen LogP contribution in [0.2, 0.25) is 5.02 Å². The second-order valence-electron chi connectivity index (χ2n) is 8.15. The predicted molar refractivity (Wildman–Crippen MR) is 114 cm³/mol. The molecule has 1 aliphatic carbocycles. The third kappa shape index (κ3) is 4.51. The summed E-state index contributed by atoms with van der Waals surface area (Å²) in [5.41, 5.74) is 0.896. The smallest absolute Gasteiger partial charge is 0.272 e. The van der Waals surface area contributed by atoms with E-state index in [1.807, 2.05) is 24.3 Å². The van der Waals surface area contributed by atoms with Crippen molar-refractivity contribution in [1.82, 2.24) is 9.47 Å². The summed E-state index contributed by atoms with van der Waals surface area (Å²) in [5.74, 6) is 0.829. The van der Waals surface area contributed by atoms with Crippen LogP contribution in [0.25, 0.3) is 11.1 Å². The van der Waals surface area contributed by atoms with Crippen LogP contribution in [0.1, 0.15) is 51.7 Å². The highest BCUT2D eigenvalue weighted by Gasteiger charge is 2.27. The van der Waals surface area contributed by atoms with Gasteiger partial charge in [0.15, 0.2) is 6.30 Å². The molecule has 2 aliphatic rings. The molecule has 4 nitrogen and oxygen atoms in total. The lowest BCUT2D eigenvalue weighted by atomic mass is 10.0. The second-order valence-corrected chi connectivity index (χ2v) is 8.52. The van der Waals surface area contributed by atoms with Crippen molar-refractivity contribution in [2.75, 3.05) is 13.1 Å². The van der Waals surface area contributed by atoms with E-state index in [1.165, 1.54) is 38.8 Å². The Kier molecular flexibility index (Phi) is 6.26. The predicted octanol–water partition coefficient (Wildman–Crippen LogP) is 5.44. The summed E-state index contributed by atoms with van der Waals surface area (Å²) in [4.78, 5) is 14.9. The van der Waals surface area contributed by atoms with Crippen LogP contribution in [0.3, 0.4) is 0 Å². The molecule has 1 saturated carbocycles. The van der Waals surface area contributed by atoms with Gasteiger partial charge in [0.1, 0.15) is 16.9 Å². The number of nitrogens with zero attached hydrogens (tertiary/aromatic N) is 2. The van der Waals surface area contributed by atoms with Crippen LogP contribution < -0.4 is 10.3 Å². The number of alkyl halides is 1. The molecular weight excluding hydrogens is 391 g/mol. The highest BCUT2D eigenvalue weighted by molar-refractivity contribution is 6.33. The van der Waals surface area contributed by atoms with Gasteiger partial charge in [-0.15, -0.1) is 0 Å². The number of ether oxygens (including phenoxy) is 1. The van der Waals surface area contributed by atoms with Crippen LogP contribution in [0.4, 0.5) is 4.39 Å². The van der Waals surface area contributed by atoms with Crippen molar-refractivity contribution in [2.45, 2.75) is 63.9 Å². The lowest BCUT2D eigenvalue weighted by molar-refractivity contribution is 0.0768. The summed E-state index contributed by atoms with van der Waals surface area (Å²) >= 11 is 6.20. The zero-order valence-corrected chi connectivity index (χ0v) is 17.6. The lowest BCUT2D eigenvalue weighted by Gasteiger charge is -2.36. The van der Waals surface area contributed by atoms with Crippen molar-refractivity contribution in [3.05, 3.63) is 51.9 Å². The molecule has 0 N–H and O–H groups in total. The van der Waals surface area contributed by atoms with Crippen LogP contribution >= 0.6 is 11.6 Å². The van der Waals surface area contributed by atoms with E-state index in [2.05, 4.69) is 4.90 Å². The molecule has 1 aliphatic heterocycles. The van der Waals surface area contributed by atoms with Crippen molar-refractivity contribution in [1.29, 1.82) is 0 Å². The molecule has 0 amide bonds. The van der Waals surface area contributed by atoms with E-state index in [0.29, 0.717) is 5.56 Å². The number of pyridine rings is 1. The largest absolute Gasteiger partial charge is 0.490 e. The Morgan fingerprint density at radius 2 is 1.72 bits per heavy atom. The van der Waals surface area contributed by atoms with Gasteiger partial charge in [-0.3, -0.25) is 9.36 Å². The molecule has 4 rings (SSSR count). The molecule has 2 aromatic rings. The molecule has 1 aromatic carbocycles. The van der Waals surface area contributed by atoms with Gasteiger partial charge in [0.2, 0.25) is 0 Å². The standard InChI is InChI=1S/C23H28ClFN2O2/c1-16(25)27-15-12-21(22(24)23(27)28)17-6-8-19(9-7-17)29-20-10-13-26(14-11-20)18-4-2-3-5-18/h6-9,12,15-16,18,20H,2-5,10-11,13-14H2,1H3. The van der Waals surface area contributed by atoms with E-state index in [9.17, 15) is 9.18 Å². The van der Waals surface area contributed by atoms with Gasteiger partial charge in [-0.1, -0.05) is 36.6 Å². The molecule has 2 heterocycles. The van der Waals surface area contributed by atoms with Gasteiger partial charge >= 0.3 is 0 Å². The molecule has 156 valence electrons. The Hall–Kier alpha value is -1.85. The van der Waals surface area contributed by atoms with Crippen molar-refractivity contribution in [2.24, 2.45) is 0 Å². The number of halogens is 2. The SMILES string of the molecule is CC(F)n1ccc(-c2ccc(OC3CCN(C4CCCC4)CC3)cc2)c(Cl)c1=O. The van der Waals surface area contributed by atoms with Crippen LogP contribution in [0.15, 0.2) is 41.3 Å². The van der Waals surface area contributed by atoms with Crippen LogP contribution in [-0.4, -0.2) is 34.7 Å². The first kappa shape index (κ1) is 20.4. The Morgan fingerprint density at radius 3 is 2.34 bits per heavy atom. The van der Waals surface area contributed by atoms with Gasteiger partial charge in [0.25, 0.3) is 5.56 Å². The lowest BCUT2D eigenvalue weighted by Crippen LogP contribution is -2.43. The van der Waals surface area contributed by atoms with Crippen molar-refractivity contribution < 1.29 is 9.13 Å². The molecule has 0 bridgehead atoms. The minimum atomic E-state index is -1.41. The van der Waals surface area contributed by atoms with Gasteiger partial charge in [-0.05, 0) is 56.4 Å². The molecule has 2 fully saturated rings. The van der Waals surface area contributed by atoms with Crippen LogP contribution in [0, 0.1) is 0 Å². The average molecular weight is 419 g/mol. The quantitative estimate of drug-likeness (QED) is 0.648. The number of hydrogen-bond donors (Lipinski definition) is 0. The number of rotatable bonds is 5. The minimum Gasteiger partial charge on any atom is -0.490 e. The maximum Gasteiger partial charge on any atom is 0.272 e. The maximum absolute atomic E-state index is 13.5. The third-order valence-corrected chi connectivity index (χ3v) is 6.59. The van der Waals surface area contributed by atoms with Crippen LogP contribution in [0.5, 0.6) is 5.75 Å². The van der Waals surface area contributed by atoms with Crippen molar-refractivity contribution >= 4 is 11.6 Å². The Balaban J connectivity index is 1.39. The zero-order valence-electron chi connectivity index (χ0n) is 16.8. The molecule has 0 spiro atoms. The summed E-state index contributed by atoms with van der Waals surface area (Å²) in [6.07, 6.45) is 7.85. The highest BCUT2D eigenvalue weighted by Crippen LogP contribution is 2.30. The van der Waals surface area contributed by atoms with Gasteiger partial charge in [-0.25, -0.2) is 4.39 Å². The van der Waals surface area contributed by atoms with E-state index in [1.54, 1.807) is 6.07 Å². The van der Waals surface area contributed by atoms with Crippen molar-refractivity contribution in [3.63, 3.8) is 0 Å². The van der Waals surface area contributed by atoms with E-state index in [4.69, 9.17) is 16.3 Å². The molecule has 0 radical (unpaired) electrons. The Bertz CT molecular complexity index is 883. The van der Waals surface area contributed by atoms with E-state index in [-0.39, 0.29) is 11.1 Å². The van der Waals surface area contributed by atoms with E-state index < -0.39 is 11.9 Å². The summed E-state index contributed by atoms with van der Waals surface area (Å²) in [6.45, 7) is 3.54. The molecular formula is C23H28ClFN2O2. The fourth-order valence-electron chi connectivity index (χ4n) is 4.56. The number of benzene rings is 1. The number of piperidine rings is 1. The average Bonchev–Trinajstić information content (AvgIpc) is 3.26. The topological polar surface area (TPSA) is 34.5 Å². The highest BCUT2D eigenvalue weighted by atomic mass is 35.5. The first-order valence-electron chi connectivity index (χ1n) is 10.6. The monoisotopic (exact) mass is 418 g/mol. The first-order chi connectivity index (χ1) is 14.0. The van der Waals surface area contributed by atoms with Gasteiger partial charge < -0.3 is 9.64 Å². The molecule has 1 atom stereocenters. The molecule has 1 unspecified atom stereocenters. The Morgan fingerprint density at radius 1 is 1.07 bits per heavy atom.